The summed E-state index contributed by atoms with van der Waals surface area (Å²) in [5.74, 6) is -1.56. The number of carbonyl (C=O) groups excluding carboxylic acids is 1. The van der Waals surface area contributed by atoms with Crippen LogP contribution < -0.4 is 5.32 Å². The first-order valence-corrected chi connectivity index (χ1v) is 5.61. The van der Waals surface area contributed by atoms with Gasteiger partial charge in [-0.2, -0.15) is 5.21 Å². The molecule has 0 aliphatic heterocycles. The molecule has 0 radical (unpaired) electrons. The Bertz CT molecular complexity index is 613. The number of carboxylic acids is 1. The number of nitrogens with one attached hydrogen (secondary N) is 2. The third-order valence-electron chi connectivity index (χ3n) is 2.47. The molecule has 1 amide bonds. The molecule has 1 heterocycles. The molecule has 0 spiro atoms. The molecule has 20 heavy (non-hydrogen) atoms. The molecule has 2 rings (SSSR count). The van der Waals surface area contributed by atoms with E-state index in [4.69, 9.17) is 10.2 Å². The Morgan fingerprint density at radius 3 is 2.85 bits per heavy atom. The number of aliphatic hydroxyl groups excluding tert-OH is 1. The molecule has 9 nitrogen and oxygen atoms in total. The van der Waals surface area contributed by atoms with Crippen LogP contribution in [0.4, 0.5) is 0 Å². The van der Waals surface area contributed by atoms with Crippen molar-refractivity contribution >= 4 is 11.9 Å². The van der Waals surface area contributed by atoms with Crippen LogP contribution in [0.1, 0.15) is 10.4 Å². The smallest absolute Gasteiger partial charge is 0.334 e. The van der Waals surface area contributed by atoms with Gasteiger partial charge in [-0.15, -0.1) is 10.2 Å². The largest absolute Gasteiger partial charge is 0.479 e. The summed E-state index contributed by atoms with van der Waals surface area (Å²) in [5, 5.41) is 33.2. The molecule has 1 aromatic heterocycles. The number of aromatic amines is 1. The molecule has 1 aromatic carbocycles. The number of aliphatic hydroxyl groups is 1. The number of nitrogens with zero attached hydrogens (tertiary/aromatic N) is 3. The maximum absolute atomic E-state index is 11.8. The normalized spacial score (nSPS) is 11.8. The van der Waals surface area contributed by atoms with Gasteiger partial charge in [0.05, 0.1) is 6.54 Å². The van der Waals surface area contributed by atoms with Gasteiger partial charge in [-0.05, 0) is 17.3 Å². The van der Waals surface area contributed by atoms with E-state index in [0.29, 0.717) is 17.0 Å². The summed E-state index contributed by atoms with van der Waals surface area (Å²) in [6.07, 6.45) is -1.64. The lowest BCUT2D eigenvalue weighted by molar-refractivity contribution is -0.146. The molecule has 0 aliphatic rings. The summed E-state index contributed by atoms with van der Waals surface area (Å²) in [4.78, 5) is 22.2. The second kappa shape index (κ2) is 5.89. The minimum atomic E-state index is -1.64. The van der Waals surface area contributed by atoms with Crippen LogP contribution in [0.15, 0.2) is 24.3 Å². The number of rotatable bonds is 5. The average molecular weight is 277 g/mol. The van der Waals surface area contributed by atoms with Crippen LogP contribution in [-0.2, 0) is 4.79 Å². The molecule has 4 N–H and O–H groups in total. The molecule has 0 bridgehead atoms. The number of tetrazole rings is 1. The molecular formula is C11H11N5O4. The topological polar surface area (TPSA) is 141 Å². The number of hydrogen-bond acceptors (Lipinski definition) is 6. The number of H-pyrrole nitrogens is 1. The van der Waals surface area contributed by atoms with Crippen molar-refractivity contribution in [2.75, 3.05) is 6.54 Å². The average Bonchev–Trinajstić information content (AvgIpc) is 2.98. The van der Waals surface area contributed by atoms with E-state index in [9.17, 15) is 9.59 Å². The Morgan fingerprint density at radius 1 is 1.40 bits per heavy atom. The van der Waals surface area contributed by atoms with Crippen LogP contribution >= 0.6 is 0 Å². The van der Waals surface area contributed by atoms with Crippen molar-refractivity contribution in [1.82, 2.24) is 25.9 Å². The van der Waals surface area contributed by atoms with Crippen LogP contribution in [0.5, 0.6) is 0 Å². The zero-order valence-corrected chi connectivity index (χ0v) is 10.1. The van der Waals surface area contributed by atoms with Crippen molar-refractivity contribution in [2.45, 2.75) is 6.10 Å². The fourth-order valence-corrected chi connectivity index (χ4v) is 1.46. The van der Waals surface area contributed by atoms with Crippen molar-refractivity contribution < 1.29 is 19.8 Å². The van der Waals surface area contributed by atoms with E-state index < -0.39 is 18.0 Å². The van der Waals surface area contributed by atoms with E-state index in [1.165, 1.54) is 6.07 Å². The number of carboxylic acid groups (broad SMARTS) is 1. The Morgan fingerprint density at radius 2 is 2.20 bits per heavy atom. The van der Waals surface area contributed by atoms with Crippen molar-refractivity contribution in [2.24, 2.45) is 0 Å². The minimum absolute atomic E-state index is 0.296. The van der Waals surface area contributed by atoms with Gasteiger partial charge in [-0.1, -0.05) is 12.1 Å². The zero-order valence-electron chi connectivity index (χ0n) is 10.1. The summed E-state index contributed by atoms with van der Waals surface area (Å²) in [6, 6.07) is 6.42. The van der Waals surface area contributed by atoms with Gasteiger partial charge in [0.1, 0.15) is 0 Å². The van der Waals surface area contributed by atoms with Crippen LogP contribution in [0.3, 0.4) is 0 Å². The highest BCUT2D eigenvalue weighted by Crippen LogP contribution is 2.14. The number of aliphatic carboxylic acids is 1. The first-order chi connectivity index (χ1) is 9.58. The van der Waals surface area contributed by atoms with Gasteiger partial charge in [0.25, 0.3) is 5.91 Å². The molecule has 104 valence electrons. The molecule has 1 atom stereocenters. The van der Waals surface area contributed by atoms with Crippen molar-refractivity contribution in [1.29, 1.82) is 0 Å². The Balaban J connectivity index is 2.07. The fraction of sp³-hybridized carbons (Fsp3) is 0.182. The number of amides is 1. The Hall–Kier alpha value is -2.81. The standard InChI is InChI=1S/C11H11N5O4/c17-8(11(19)20)5-12-10(18)7-3-1-2-6(4-7)9-13-15-16-14-9/h1-4,8,17H,5H2,(H,12,18)(H,19,20)(H,13,14,15,16). The van der Waals surface area contributed by atoms with Crippen molar-refractivity contribution in [3.63, 3.8) is 0 Å². The zero-order chi connectivity index (χ0) is 14.5. The quantitative estimate of drug-likeness (QED) is 0.551. The predicted molar refractivity (Wildman–Crippen MR) is 65.6 cm³/mol. The van der Waals surface area contributed by atoms with E-state index in [1.807, 2.05) is 0 Å². The summed E-state index contributed by atoms with van der Waals surface area (Å²) < 4.78 is 0. The first-order valence-electron chi connectivity index (χ1n) is 5.61. The summed E-state index contributed by atoms with van der Waals surface area (Å²) >= 11 is 0. The van der Waals surface area contributed by atoms with Gasteiger partial charge in [-0.3, -0.25) is 4.79 Å². The summed E-state index contributed by atoms with van der Waals surface area (Å²) in [5.41, 5.74) is 0.884. The Kier molecular flexibility index (Phi) is 4.01. The Labute approximate surface area is 112 Å². The van der Waals surface area contributed by atoms with Gasteiger partial charge < -0.3 is 15.5 Å². The van der Waals surface area contributed by atoms with Crippen molar-refractivity contribution in [3.8, 4) is 11.4 Å². The number of hydrogen-bond donors (Lipinski definition) is 4. The monoisotopic (exact) mass is 277 g/mol. The van der Waals surface area contributed by atoms with Crippen LogP contribution in [0, 0.1) is 0 Å². The van der Waals surface area contributed by atoms with Crippen LogP contribution in [0.25, 0.3) is 11.4 Å². The number of benzene rings is 1. The molecule has 0 fully saturated rings. The van der Waals surface area contributed by atoms with E-state index >= 15 is 0 Å². The van der Waals surface area contributed by atoms with E-state index in [1.54, 1.807) is 18.2 Å². The molecule has 2 aromatic rings. The molecule has 0 aliphatic carbocycles. The van der Waals surface area contributed by atoms with Gasteiger partial charge in [0.2, 0.25) is 5.82 Å². The lowest BCUT2D eigenvalue weighted by Gasteiger charge is -2.08. The van der Waals surface area contributed by atoms with E-state index in [-0.39, 0.29) is 6.54 Å². The highest BCUT2D eigenvalue weighted by atomic mass is 16.4. The second-order valence-electron chi connectivity index (χ2n) is 3.88. The maximum Gasteiger partial charge on any atom is 0.334 e. The maximum atomic E-state index is 11.8. The lowest BCUT2D eigenvalue weighted by atomic mass is 10.1. The SMILES string of the molecule is O=C(NCC(O)C(=O)O)c1cccc(-c2nn[nH]n2)c1. The van der Waals surface area contributed by atoms with Crippen LogP contribution in [0.2, 0.25) is 0 Å². The van der Waals surface area contributed by atoms with Gasteiger partial charge >= 0.3 is 5.97 Å². The van der Waals surface area contributed by atoms with Gasteiger partial charge in [-0.25, -0.2) is 4.79 Å². The molecule has 1 unspecified atom stereocenters. The highest BCUT2D eigenvalue weighted by molar-refractivity contribution is 5.95. The minimum Gasteiger partial charge on any atom is -0.479 e. The first kappa shape index (κ1) is 13.6. The highest BCUT2D eigenvalue weighted by Gasteiger charge is 2.15. The van der Waals surface area contributed by atoms with Crippen LogP contribution in [-0.4, -0.2) is 55.4 Å². The van der Waals surface area contributed by atoms with E-state index in [2.05, 4.69) is 25.9 Å². The van der Waals surface area contributed by atoms with E-state index in [0.717, 1.165) is 0 Å². The number of aromatic nitrogens is 4. The van der Waals surface area contributed by atoms with Crippen molar-refractivity contribution in [3.05, 3.63) is 29.8 Å². The summed E-state index contributed by atoms with van der Waals surface area (Å²) in [7, 11) is 0. The second-order valence-corrected chi connectivity index (χ2v) is 3.88. The molecule has 0 saturated carbocycles. The number of carbonyl (C=O) groups is 2. The molecule has 0 saturated heterocycles. The molecular weight excluding hydrogens is 266 g/mol. The van der Waals surface area contributed by atoms with Gasteiger partial charge in [0.15, 0.2) is 6.10 Å². The summed E-state index contributed by atoms with van der Waals surface area (Å²) in [6.45, 7) is -0.374. The lowest BCUT2D eigenvalue weighted by Crippen LogP contribution is -2.36. The molecule has 9 heteroatoms. The third-order valence-corrected chi connectivity index (χ3v) is 2.47. The van der Waals surface area contributed by atoms with Gasteiger partial charge in [0, 0.05) is 11.1 Å². The fourth-order valence-electron chi connectivity index (χ4n) is 1.46. The predicted octanol–water partition coefficient (Wildman–Crippen LogP) is -0.958. The third kappa shape index (κ3) is 3.14.